The van der Waals surface area contributed by atoms with Crippen LogP contribution in [0.2, 0.25) is 0 Å². The third-order valence-electron chi connectivity index (χ3n) is 4.52. The van der Waals surface area contributed by atoms with Crippen molar-refractivity contribution in [3.8, 4) is 0 Å². The maximum atomic E-state index is 13.4. The highest BCUT2D eigenvalue weighted by atomic mass is 16.2. The Hall–Kier alpha value is -2.21. The monoisotopic (exact) mass is 313 g/mol. The predicted octanol–water partition coefficient (Wildman–Crippen LogP) is 1.41. The van der Waals surface area contributed by atoms with Crippen LogP contribution >= 0.6 is 0 Å². The van der Waals surface area contributed by atoms with Crippen molar-refractivity contribution < 1.29 is 4.79 Å². The highest BCUT2D eigenvalue weighted by Gasteiger charge is 2.44. The minimum Gasteiger partial charge on any atom is -0.335 e. The smallest absolute Gasteiger partial charge is 0.251 e. The Morgan fingerprint density at radius 3 is 2.74 bits per heavy atom. The number of hydrogen-bond donors (Lipinski definition) is 1. The average molecular weight is 313 g/mol. The Labute approximate surface area is 136 Å². The lowest BCUT2D eigenvalue weighted by Crippen LogP contribution is -2.55. The van der Waals surface area contributed by atoms with E-state index in [0.717, 1.165) is 31.6 Å². The summed E-state index contributed by atoms with van der Waals surface area (Å²) in [5.74, 6) is 0.135. The molecule has 3 rings (SSSR count). The Morgan fingerprint density at radius 1 is 1.30 bits per heavy atom. The Morgan fingerprint density at radius 2 is 2.13 bits per heavy atom. The molecular weight excluding hydrogens is 290 g/mol. The number of hydrogen-bond acceptors (Lipinski definition) is 4. The van der Waals surface area contributed by atoms with Crippen molar-refractivity contribution >= 4 is 5.91 Å². The second-order valence-electron chi connectivity index (χ2n) is 5.87. The van der Waals surface area contributed by atoms with Gasteiger partial charge in [0.1, 0.15) is 5.54 Å². The van der Waals surface area contributed by atoms with E-state index in [-0.39, 0.29) is 5.91 Å². The first kappa shape index (κ1) is 15.7. The molecule has 1 saturated heterocycles. The first-order valence-electron chi connectivity index (χ1n) is 8.16. The molecule has 0 atom stereocenters. The van der Waals surface area contributed by atoms with Crippen molar-refractivity contribution in [2.75, 3.05) is 19.6 Å². The van der Waals surface area contributed by atoms with Gasteiger partial charge in [-0.25, -0.2) is 0 Å². The van der Waals surface area contributed by atoms with Crippen molar-refractivity contribution in [2.45, 2.75) is 31.8 Å². The van der Waals surface area contributed by atoms with Gasteiger partial charge in [0.2, 0.25) is 0 Å². The molecule has 0 aliphatic carbocycles. The van der Waals surface area contributed by atoms with Crippen LogP contribution in [0.4, 0.5) is 0 Å². The van der Waals surface area contributed by atoms with E-state index >= 15 is 0 Å². The molecule has 1 N–H and O–H groups in total. The number of nitrogens with zero attached hydrogens (tertiary/aromatic N) is 4. The van der Waals surface area contributed by atoms with Crippen molar-refractivity contribution in [3.05, 3.63) is 48.5 Å². The second-order valence-corrected chi connectivity index (χ2v) is 5.87. The van der Waals surface area contributed by atoms with Gasteiger partial charge in [0.25, 0.3) is 5.91 Å². The van der Waals surface area contributed by atoms with Crippen LogP contribution < -0.4 is 5.32 Å². The van der Waals surface area contributed by atoms with Crippen LogP contribution in [0.3, 0.4) is 0 Å². The van der Waals surface area contributed by atoms with Gasteiger partial charge in [-0.05, 0) is 51.1 Å². The van der Waals surface area contributed by atoms with Gasteiger partial charge in [-0.2, -0.15) is 5.10 Å². The predicted molar refractivity (Wildman–Crippen MR) is 87.6 cm³/mol. The summed E-state index contributed by atoms with van der Waals surface area (Å²) in [5, 5.41) is 7.72. The average Bonchev–Trinajstić information content (AvgIpc) is 3.16. The van der Waals surface area contributed by atoms with Crippen LogP contribution in [0.5, 0.6) is 0 Å². The van der Waals surface area contributed by atoms with Crippen LogP contribution in [0.15, 0.2) is 42.9 Å². The Bertz CT molecular complexity index is 620. The Kier molecular flexibility index (Phi) is 4.71. The SMILES string of the molecule is CCN(Cc1ccccn1)C(=O)C1(n2cccn2)CCNCC1. The van der Waals surface area contributed by atoms with Crippen molar-refractivity contribution in [3.63, 3.8) is 0 Å². The fourth-order valence-electron chi connectivity index (χ4n) is 3.21. The molecule has 1 fully saturated rings. The maximum absolute atomic E-state index is 13.4. The molecule has 6 nitrogen and oxygen atoms in total. The summed E-state index contributed by atoms with van der Waals surface area (Å²) < 4.78 is 1.84. The standard InChI is InChI=1S/C17H23N5O/c1-2-21(14-15-6-3-4-9-19-15)16(23)17(7-11-18-12-8-17)22-13-5-10-20-22/h3-6,9-10,13,18H,2,7-8,11-12,14H2,1H3. The molecule has 0 saturated carbocycles. The van der Waals surface area contributed by atoms with Crippen LogP contribution in [-0.2, 0) is 16.9 Å². The third kappa shape index (κ3) is 3.12. The number of aromatic nitrogens is 3. The lowest BCUT2D eigenvalue weighted by atomic mass is 9.86. The topological polar surface area (TPSA) is 63.1 Å². The molecule has 2 aromatic heterocycles. The minimum absolute atomic E-state index is 0.135. The summed E-state index contributed by atoms with van der Waals surface area (Å²) in [4.78, 5) is 19.6. The molecule has 0 spiro atoms. The normalized spacial score (nSPS) is 16.9. The number of carbonyl (C=O) groups excluding carboxylic acids is 1. The molecule has 1 amide bonds. The largest absolute Gasteiger partial charge is 0.335 e. The van der Waals surface area contributed by atoms with Gasteiger partial charge in [0.05, 0.1) is 12.2 Å². The zero-order chi connectivity index (χ0) is 16.1. The van der Waals surface area contributed by atoms with E-state index in [2.05, 4.69) is 15.4 Å². The molecule has 3 heterocycles. The summed E-state index contributed by atoms with van der Waals surface area (Å²) in [6.45, 7) is 4.86. The summed E-state index contributed by atoms with van der Waals surface area (Å²) in [7, 11) is 0. The number of piperidine rings is 1. The molecule has 122 valence electrons. The second kappa shape index (κ2) is 6.91. The minimum atomic E-state index is -0.584. The molecule has 2 aromatic rings. The first-order chi connectivity index (χ1) is 11.3. The third-order valence-corrected chi connectivity index (χ3v) is 4.52. The van der Waals surface area contributed by atoms with Crippen LogP contribution in [0.25, 0.3) is 0 Å². The molecule has 1 aliphatic rings. The molecule has 0 unspecified atom stereocenters. The van der Waals surface area contributed by atoms with Gasteiger partial charge < -0.3 is 10.2 Å². The number of likely N-dealkylation sites (N-methyl/N-ethyl adjacent to an activating group) is 1. The quantitative estimate of drug-likeness (QED) is 0.906. The molecular formula is C17H23N5O. The Balaban J connectivity index is 1.87. The van der Waals surface area contributed by atoms with Crippen LogP contribution in [-0.4, -0.2) is 45.2 Å². The lowest BCUT2D eigenvalue weighted by Gasteiger charge is -2.40. The number of amides is 1. The highest BCUT2D eigenvalue weighted by Crippen LogP contribution is 2.29. The van der Waals surface area contributed by atoms with E-state index in [1.54, 1.807) is 12.4 Å². The van der Waals surface area contributed by atoms with Gasteiger partial charge in [0, 0.05) is 25.1 Å². The molecule has 6 heteroatoms. The first-order valence-corrected chi connectivity index (χ1v) is 8.16. The molecule has 23 heavy (non-hydrogen) atoms. The van der Waals surface area contributed by atoms with Gasteiger partial charge in [-0.3, -0.25) is 14.5 Å². The number of pyridine rings is 1. The van der Waals surface area contributed by atoms with E-state index < -0.39 is 5.54 Å². The van der Waals surface area contributed by atoms with Gasteiger partial charge >= 0.3 is 0 Å². The van der Waals surface area contributed by atoms with E-state index in [0.29, 0.717) is 13.1 Å². The summed E-state index contributed by atoms with van der Waals surface area (Å²) >= 11 is 0. The summed E-state index contributed by atoms with van der Waals surface area (Å²) in [6, 6.07) is 7.68. The maximum Gasteiger partial charge on any atom is 0.251 e. The number of nitrogens with one attached hydrogen (secondary N) is 1. The van der Waals surface area contributed by atoms with Gasteiger partial charge in [0.15, 0.2) is 0 Å². The lowest BCUT2D eigenvalue weighted by molar-refractivity contribution is -0.143. The van der Waals surface area contributed by atoms with E-state index in [1.165, 1.54) is 0 Å². The van der Waals surface area contributed by atoms with Crippen molar-refractivity contribution in [2.24, 2.45) is 0 Å². The fourth-order valence-corrected chi connectivity index (χ4v) is 3.21. The highest BCUT2D eigenvalue weighted by molar-refractivity contribution is 5.84. The summed E-state index contributed by atoms with van der Waals surface area (Å²) in [5.41, 5.74) is 0.326. The number of carbonyl (C=O) groups is 1. The van der Waals surface area contributed by atoms with Crippen molar-refractivity contribution in [1.82, 2.24) is 25.0 Å². The molecule has 0 aromatic carbocycles. The zero-order valence-electron chi connectivity index (χ0n) is 13.5. The van der Waals surface area contributed by atoms with Crippen LogP contribution in [0.1, 0.15) is 25.5 Å². The van der Waals surface area contributed by atoms with Crippen molar-refractivity contribution in [1.29, 1.82) is 0 Å². The van der Waals surface area contributed by atoms with Gasteiger partial charge in [-0.1, -0.05) is 6.07 Å². The van der Waals surface area contributed by atoms with Gasteiger partial charge in [-0.15, -0.1) is 0 Å². The summed E-state index contributed by atoms with van der Waals surface area (Å²) in [6.07, 6.45) is 6.92. The van der Waals surface area contributed by atoms with E-state index in [9.17, 15) is 4.79 Å². The fraction of sp³-hybridized carbons (Fsp3) is 0.471. The van der Waals surface area contributed by atoms with E-state index in [4.69, 9.17) is 0 Å². The van der Waals surface area contributed by atoms with Crippen LogP contribution in [0, 0.1) is 0 Å². The zero-order valence-corrected chi connectivity index (χ0v) is 13.5. The molecule has 0 radical (unpaired) electrons. The molecule has 0 bridgehead atoms. The molecule has 1 aliphatic heterocycles. The number of rotatable bonds is 5. The van der Waals surface area contributed by atoms with E-state index in [1.807, 2.05) is 47.0 Å².